The Balaban J connectivity index is 0.000000238. The fraction of sp³-hybridized carbons (Fsp3) is 0.0667. The van der Waals surface area contributed by atoms with Crippen LogP contribution in [0.1, 0.15) is 10.4 Å². The first-order valence-electron chi connectivity index (χ1n) is 6.45. The van der Waals surface area contributed by atoms with E-state index in [1.807, 2.05) is 13.1 Å². The van der Waals surface area contributed by atoms with Crippen molar-refractivity contribution in [3.8, 4) is 0 Å². The lowest BCUT2D eigenvalue weighted by atomic mass is 10.2. The maximum atomic E-state index is 11.3. The zero-order valence-electron chi connectivity index (χ0n) is 12.3. The number of nitrogens with two attached hydrogens (primary N) is 1. The Morgan fingerprint density at radius 2 is 1.91 bits per heavy atom. The van der Waals surface area contributed by atoms with Gasteiger partial charge in [-0.3, -0.25) is 15.6 Å². The van der Waals surface area contributed by atoms with Gasteiger partial charge in [0.25, 0.3) is 5.91 Å². The van der Waals surface area contributed by atoms with Gasteiger partial charge in [-0.25, -0.2) is 0 Å². The topological polar surface area (TPSA) is 79.2 Å². The summed E-state index contributed by atoms with van der Waals surface area (Å²) in [5.41, 5.74) is 13.5. The fourth-order valence-corrected chi connectivity index (χ4v) is 1.86. The summed E-state index contributed by atoms with van der Waals surface area (Å²) >= 11 is 15.9. The Hall–Kier alpha value is -2.02. The summed E-state index contributed by atoms with van der Waals surface area (Å²) in [6.45, 7) is 0. The van der Waals surface area contributed by atoms with E-state index in [2.05, 4.69) is 28.4 Å². The lowest BCUT2D eigenvalue weighted by molar-refractivity contribution is 0.0945. The molecule has 122 valence electrons. The molecule has 0 aliphatic carbocycles. The Morgan fingerprint density at radius 3 is 2.48 bits per heavy atom. The monoisotopic (exact) mass is 370 g/mol. The maximum Gasteiger partial charge on any atom is 0.269 e. The molecule has 0 aliphatic rings. The largest absolute Gasteiger partial charge is 0.399 e. The standard InChI is InChI=1S/C8H9N3OS.C7H7Cl2N/c9-7-3-1-2-6(4-7)8(12)11-10-5-13;1-10-5-2-3-6(8)7(9)4-5/h1-5H,9H2,(H,10,13)(H,11,12);2-4,10H,1H3. The molecule has 2 aromatic rings. The molecule has 1 amide bonds. The Labute approximate surface area is 150 Å². The predicted octanol–water partition coefficient (Wildman–Crippen LogP) is 3.50. The number of benzene rings is 2. The van der Waals surface area contributed by atoms with Gasteiger partial charge in [0.2, 0.25) is 0 Å². The van der Waals surface area contributed by atoms with Crippen LogP contribution in [0.5, 0.6) is 0 Å². The van der Waals surface area contributed by atoms with E-state index < -0.39 is 0 Å². The highest BCUT2D eigenvalue weighted by atomic mass is 35.5. The molecule has 0 saturated heterocycles. The van der Waals surface area contributed by atoms with E-state index in [0.717, 1.165) is 5.69 Å². The molecule has 0 bridgehead atoms. The summed E-state index contributed by atoms with van der Waals surface area (Å²) in [6, 6.07) is 12.1. The molecule has 0 spiro atoms. The molecule has 0 fully saturated rings. The predicted molar refractivity (Wildman–Crippen MR) is 101 cm³/mol. The number of thiocarbonyl (C=S) groups is 1. The number of rotatable bonds is 4. The SMILES string of the molecule is CNc1ccc(Cl)c(Cl)c1.Nc1cccc(C(=O)NNC=S)c1. The van der Waals surface area contributed by atoms with Gasteiger partial charge in [0.1, 0.15) is 0 Å². The molecule has 5 nitrogen and oxygen atoms in total. The number of halogens is 2. The zero-order chi connectivity index (χ0) is 17.2. The molecule has 0 radical (unpaired) electrons. The lowest BCUT2D eigenvalue weighted by Gasteiger charge is -2.03. The second-order valence-corrected chi connectivity index (χ2v) is 5.27. The van der Waals surface area contributed by atoms with Crippen molar-refractivity contribution in [2.75, 3.05) is 18.1 Å². The van der Waals surface area contributed by atoms with Crippen LogP contribution in [-0.4, -0.2) is 18.4 Å². The highest BCUT2D eigenvalue weighted by molar-refractivity contribution is 7.78. The van der Waals surface area contributed by atoms with E-state index in [-0.39, 0.29) is 5.91 Å². The van der Waals surface area contributed by atoms with Gasteiger partial charge in [-0.1, -0.05) is 41.5 Å². The number of nitrogen functional groups attached to an aromatic ring is 1. The van der Waals surface area contributed by atoms with E-state index in [1.54, 1.807) is 36.4 Å². The molecule has 0 aromatic heterocycles. The third-order valence-electron chi connectivity index (χ3n) is 2.60. The van der Waals surface area contributed by atoms with E-state index in [1.165, 1.54) is 5.49 Å². The highest BCUT2D eigenvalue weighted by Crippen LogP contribution is 2.24. The first kappa shape index (κ1) is 19.0. The van der Waals surface area contributed by atoms with Crippen molar-refractivity contribution < 1.29 is 4.79 Å². The van der Waals surface area contributed by atoms with Crippen LogP contribution >= 0.6 is 35.4 Å². The molecule has 2 aromatic carbocycles. The van der Waals surface area contributed by atoms with Crippen molar-refractivity contribution in [2.24, 2.45) is 0 Å². The number of hydrogen-bond donors (Lipinski definition) is 4. The average Bonchev–Trinajstić information content (AvgIpc) is 2.55. The highest BCUT2D eigenvalue weighted by Gasteiger charge is 2.02. The smallest absolute Gasteiger partial charge is 0.269 e. The minimum atomic E-state index is -0.270. The Kier molecular flexibility index (Phi) is 8.18. The van der Waals surface area contributed by atoms with Gasteiger partial charge in [0, 0.05) is 24.0 Å². The second kappa shape index (κ2) is 9.89. The summed E-state index contributed by atoms with van der Waals surface area (Å²) in [5.74, 6) is -0.270. The lowest BCUT2D eigenvalue weighted by Crippen LogP contribution is -2.35. The van der Waals surface area contributed by atoms with Crippen molar-refractivity contribution >= 4 is 58.2 Å². The summed E-state index contributed by atoms with van der Waals surface area (Å²) in [5, 5.41) is 4.11. The van der Waals surface area contributed by atoms with Crippen LogP contribution < -0.4 is 21.9 Å². The maximum absolute atomic E-state index is 11.3. The van der Waals surface area contributed by atoms with Crippen LogP contribution in [0, 0.1) is 0 Å². The number of carbonyl (C=O) groups excluding carboxylic acids is 1. The summed E-state index contributed by atoms with van der Waals surface area (Å²) in [6.07, 6.45) is 0. The number of carbonyl (C=O) groups is 1. The molecular formula is C15H16Cl2N4OS. The van der Waals surface area contributed by atoms with E-state index >= 15 is 0 Å². The molecule has 0 unspecified atom stereocenters. The number of anilines is 2. The van der Waals surface area contributed by atoms with Crippen LogP contribution in [0.25, 0.3) is 0 Å². The van der Waals surface area contributed by atoms with Gasteiger partial charge in [-0.05, 0) is 36.4 Å². The van der Waals surface area contributed by atoms with Gasteiger partial charge >= 0.3 is 0 Å². The molecular weight excluding hydrogens is 355 g/mol. The molecule has 0 saturated carbocycles. The first-order valence-corrected chi connectivity index (χ1v) is 7.68. The van der Waals surface area contributed by atoms with Crippen molar-refractivity contribution in [3.63, 3.8) is 0 Å². The van der Waals surface area contributed by atoms with Gasteiger partial charge in [0.05, 0.1) is 15.5 Å². The number of hydrogen-bond acceptors (Lipinski definition) is 4. The molecule has 5 N–H and O–H groups in total. The van der Waals surface area contributed by atoms with Gasteiger partial charge in [0.15, 0.2) is 0 Å². The van der Waals surface area contributed by atoms with Gasteiger partial charge < -0.3 is 11.1 Å². The quantitative estimate of drug-likeness (QED) is 0.376. The first-order chi connectivity index (χ1) is 11.0. The van der Waals surface area contributed by atoms with Crippen molar-refractivity contribution in [1.29, 1.82) is 0 Å². The summed E-state index contributed by atoms with van der Waals surface area (Å²) < 4.78 is 0. The Morgan fingerprint density at radius 1 is 1.17 bits per heavy atom. The van der Waals surface area contributed by atoms with Crippen molar-refractivity contribution in [3.05, 3.63) is 58.1 Å². The normalized spacial score (nSPS) is 9.17. The fourth-order valence-electron chi connectivity index (χ4n) is 1.50. The average molecular weight is 371 g/mol. The third-order valence-corrected chi connectivity index (χ3v) is 3.46. The molecule has 23 heavy (non-hydrogen) atoms. The minimum absolute atomic E-state index is 0.270. The third kappa shape index (κ3) is 6.73. The van der Waals surface area contributed by atoms with Crippen LogP contribution in [0.2, 0.25) is 10.0 Å². The molecule has 2 rings (SSSR count). The van der Waals surface area contributed by atoms with Crippen LogP contribution in [0.3, 0.4) is 0 Å². The second-order valence-electron chi connectivity index (χ2n) is 4.22. The van der Waals surface area contributed by atoms with E-state index in [9.17, 15) is 4.79 Å². The molecule has 0 aliphatic heterocycles. The van der Waals surface area contributed by atoms with Gasteiger partial charge in [-0.15, -0.1) is 0 Å². The Bertz CT molecular complexity index is 682. The van der Waals surface area contributed by atoms with E-state index in [0.29, 0.717) is 21.3 Å². The number of nitrogens with one attached hydrogen (secondary N) is 3. The van der Waals surface area contributed by atoms with Crippen molar-refractivity contribution in [2.45, 2.75) is 0 Å². The number of amides is 1. The minimum Gasteiger partial charge on any atom is -0.399 e. The van der Waals surface area contributed by atoms with Crippen LogP contribution in [0.4, 0.5) is 11.4 Å². The summed E-state index contributed by atoms with van der Waals surface area (Å²) in [7, 11) is 1.83. The molecule has 0 heterocycles. The number of hydrazine groups is 1. The summed E-state index contributed by atoms with van der Waals surface area (Å²) in [4.78, 5) is 11.3. The van der Waals surface area contributed by atoms with Crippen LogP contribution in [0.15, 0.2) is 42.5 Å². The zero-order valence-corrected chi connectivity index (χ0v) is 14.6. The van der Waals surface area contributed by atoms with Gasteiger partial charge in [-0.2, -0.15) is 0 Å². The van der Waals surface area contributed by atoms with Crippen LogP contribution in [-0.2, 0) is 0 Å². The molecule has 0 atom stereocenters. The van der Waals surface area contributed by atoms with Crippen molar-refractivity contribution in [1.82, 2.24) is 10.9 Å². The van der Waals surface area contributed by atoms with E-state index in [4.69, 9.17) is 28.9 Å². The molecule has 8 heteroatoms.